The molecule has 1 aromatic carbocycles. The molecule has 1 aliphatic rings. The van der Waals surface area contributed by atoms with Crippen LogP contribution in [0.4, 0.5) is 0 Å². The molecule has 0 aliphatic carbocycles. The van der Waals surface area contributed by atoms with Crippen molar-refractivity contribution in [2.45, 2.75) is 39.2 Å². The van der Waals surface area contributed by atoms with Gasteiger partial charge in [0, 0.05) is 16.6 Å². The van der Waals surface area contributed by atoms with E-state index in [1.165, 1.54) is 17.5 Å². The number of aryl methyl sites for hydroxylation is 1. The maximum absolute atomic E-state index is 13.1. The molecule has 148 valence electrons. The summed E-state index contributed by atoms with van der Waals surface area (Å²) < 4.78 is 3.31. The van der Waals surface area contributed by atoms with Gasteiger partial charge in [-0.15, -0.1) is 11.3 Å². The number of likely N-dealkylation sites (tertiary alicyclic amines) is 1. The topological polar surface area (TPSA) is 67.2 Å². The van der Waals surface area contributed by atoms with Gasteiger partial charge in [0.25, 0.3) is 5.56 Å². The van der Waals surface area contributed by atoms with Gasteiger partial charge in [-0.1, -0.05) is 18.2 Å². The Balaban J connectivity index is 1.52. The fourth-order valence-electron chi connectivity index (χ4n) is 3.92. The molecule has 1 saturated heterocycles. The molecule has 1 atom stereocenters. The Morgan fingerprint density at radius 3 is 2.82 bits per heavy atom. The molecule has 1 N–H and O–H groups in total. The quantitative estimate of drug-likeness (QED) is 0.648. The summed E-state index contributed by atoms with van der Waals surface area (Å²) in [5.41, 5.74) is 0.585. The first-order valence-corrected chi connectivity index (χ1v) is 10.8. The molecule has 1 amide bonds. The molecule has 1 fully saturated rings. The maximum atomic E-state index is 13.1. The van der Waals surface area contributed by atoms with E-state index in [4.69, 9.17) is 0 Å². The van der Waals surface area contributed by atoms with Crippen LogP contribution >= 0.6 is 11.3 Å². The lowest BCUT2D eigenvalue weighted by Crippen LogP contribution is -2.38. The third-order valence-corrected chi connectivity index (χ3v) is 6.78. The van der Waals surface area contributed by atoms with Crippen LogP contribution in [0.5, 0.6) is 0 Å². The van der Waals surface area contributed by atoms with Gasteiger partial charge >= 0.3 is 0 Å². The van der Waals surface area contributed by atoms with Gasteiger partial charge < -0.3 is 10.2 Å². The van der Waals surface area contributed by atoms with Crippen molar-refractivity contribution in [2.75, 3.05) is 26.2 Å². The van der Waals surface area contributed by atoms with E-state index < -0.39 is 6.04 Å². The Kier molecular flexibility index (Phi) is 5.46. The largest absolute Gasteiger partial charge is 0.354 e. The highest BCUT2D eigenvalue weighted by atomic mass is 32.1. The van der Waals surface area contributed by atoms with Crippen molar-refractivity contribution >= 4 is 37.4 Å². The Bertz CT molecular complexity index is 1070. The highest BCUT2D eigenvalue weighted by Crippen LogP contribution is 2.32. The Hall–Kier alpha value is -2.25. The summed E-state index contributed by atoms with van der Waals surface area (Å²) in [6.07, 6.45) is 3.47. The van der Waals surface area contributed by atoms with Gasteiger partial charge in [0.15, 0.2) is 0 Å². The predicted molar refractivity (Wildman–Crippen MR) is 114 cm³/mol. The van der Waals surface area contributed by atoms with Gasteiger partial charge in [0.2, 0.25) is 5.91 Å². The van der Waals surface area contributed by atoms with E-state index in [0.29, 0.717) is 11.9 Å². The van der Waals surface area contributed by atoms with E-state index in [9.17, 15) is 9.59 Å². The summed E-state index contributed by atoms with van der Waals surface area (Å²) in [7, 11) is 0. The first-order valence-electron chi connectivity index (χ1n) is 9.97. The van der Waals surface area contributed by atoms with E-state index in [2.05, 4.69) is 15.3 Å². The second-order valence-corrected chi connectivity index (χ2v) is 8.56. The van der Waals surface area contributed by atoms with Crippen LogP contribution in [0.1, 0.15) is 37.9 Å². The van der Waals surface area contributed by atoms with Crippen LogP contribution in [-0.4, -0.2) is 46.8 Å². The molecule has 3 heterocycles. The summed E-state index contributed by atoms with van der Waals surface area (Å²) in [5.74, 6) is -0.158. The SMILES string of the molecule is Cc1nn(C(C)C(=O)NCCCN2CCCC2)c(=O)c2c1sc1ccccc12. The van der Waals surface area contributed by atoms with Gasteiger partial charge in [-0.3, -0.25) is 9.59 Å². The molecule has 28 heavy (non-hydrogen) atoms. The van der Waals surface area contributed by atoms with E-state index in [1.807, 2.05) is 31.2 Å². The normalized spacial score (nSPS) is 16.1. The van der Waals surface area contributed by atoms with Gasteiger partial charge in [0.1, 0.15) is 6.04 Å². The molecule has 1 aliphatic heterocycles. The van der Waals surface area contributed by atoms with Crippen molar-refractivity contribution in [1.82, 2.24) is 20.0 Å². The van der Waals surface area contributed by atoms with Crippen LogP contribution in [0.25, 0.3) is 20.2 Å². The molecule has 2 aromatic heterocycles. The molecule has 3 aromatic rings. The minimum absolute atomic E-state index is 0.158. The summed E-state index contributed by atoms with van der Waals surface area (Å²) in [5, 5.41) is 9.03. The molecule has 0 radical (unpaired) electrons. The lowest BCUT2D eigenvalue weighted by atomic mass is 10.2. The van der Waals surface area contributed by atoms with E-state index in [0.717, 1.165) is 46.5 Å². The molecular weight excluding hydrogens is 372 g/mol. The van der Waals surface area contributed by atoms with Gasteiger partial charge in [-0.2, -0.15) is 5.10 Å². The second-order valence-electron chi connectivity index (χ2n) is 7.51. The van der Waals surface area contributed by atoms with Crippen molar-refractivity contribution in [1.29, 1.82) is 0 Å². The number of carbonyl (C=O) groups excluding carboxylic acids is 1. The highest BCUT2D eigenvalue weighted by Gasteiger charge is 2.21. The van der Waals surface area contributed by atoms with Crippen molar-refractivity contribution in [3.05, 3.63) is 40.3 Å². The number of carbonyl (C=O) groups is 1. The van der Waals surface area contributed by atoms with Crippen LogP contribution in [-0.2, 0) is 4.79 Å². The monoisotopic (exact) mass is 398 g/mol. The fourth-order valence-corrected chi connectivity index (χ4v) is 5.06. The van der Waals surface area contributed by atoms with Gasteiger partial charge in [-0.25, -0.2) is 4.68 Å². The van der Waals surface area contributed by atoms with E-state index >= 15 is 0 Å². The van der Waals surface area contributed by atoms with Crippen LogP contribution in [0.2, 0.25) is 0 Å². The molecule has 6 nitrogen and oxygen atoms in total. The Morgan fingerprint density at radius 2 is 2.04 bits per heavy atom. The third kappa shape index (κ3) is 3.56. The average Bonchev–Trinajstić information content (AvgIpc) is 3.35. The lowest BCUT2D eigenvalue weighted by molar-refractivity contribution is -0.124. The van der Waals surface area contributed by atoms with Crippen molar-refractivity contribution in [3.63, 3.8) is 0 Å². The minimum atomic E-state index is -0.638. The number of nitrogens with one attached hydrogen (secondary N) is 1. The fraction of sp³-hybridized carbons (Fsp3) is 0.476. The maximum Gasteiger partial charge on any atom is 0.276 e. The van der Waals surface area contributed by atoms with Crippen molar-refractivity contribution in [3.8, 4) is 0 Å². The molecule has 0 bridgehead atoms. The summed E-state index contributed by atoms with van der Waals surface area (Å²) >= 11 is 1.58. The second kappa shape index (κ2) is 8.01. The van der Waals surface area contributed by atoms with Crippen molar-refractivity contribution < 1.29 is 4.79 Å². The van der Waals surface area contributed by atoms with Crippen molar-refractivity contribution in [2.24, 2.45) is 0 Å². The summed E-state index contributed by atoms with van der Waals surface area (Å²) in [6.45, 7) is 7.60. The molecule has 4 rings (SSSR count). The number of fused-ring (bicyclic) bond motifs is 3. The van der Waals surface area contributed by atoms with E-state index in [-0.39, 0.29) is 11.5 Å². The van der Waals surface area contributed by atoms with Crippen LogP contribution in [0, 0.1) is 6.92 Å². The smallest absolute Gasteiger partial charge is 0.276 e. The number of hydrogen-bond donors (Lipinski definition) is 1. The highest BCUT2D eigenvalue weighted by molar-refractivity contribution is 7.26. The van der Waals surface area contributed by atoms with Gasteiger partial charge in [-0.05, 0) is 58.8 Å². The predicted octanol–water partition coefficient (Wildman–Crippen LogP) is 3.08. The first kappa shape index (κ1) is 19.1. The molecule has 0 saturated carbocycles. The number of nitrogens with zero attached hydrogens (tertiary/aromatic N) is 3. The van der Waals surface area contributed by atoms with Gasteiger partial charge in [0.05, 0.1) is 15.8 Å². The molecular formula is C21H26N4O2S. The zero-order valence-corrected chi connectivity index (χ0v) is 17.2. The first-order chi connectivity index (χ1) is 13.6. The zero-order chi connectivity index (χ0) is 19.7. The average molecular weight is 399 g/mol. The number of rotatable bonds is 6. The number of aromatic nitrogens is 2. The molecule has 0 spiro atoms. The van der Waals surface area contributed by atoms with Crippen LogP contribution in [0.15, 0.2) is 29.1 Å². The Morgan fingerprint density at radius 1 is 1.29 bits per heavy atom. The summed E-state index contributed by atoms with van der Waals surface area (Å²) in [4.78, 5) is 28.2. The van der Waals surface area contributed by atoms with E-state index in [1.54, 1.807) is 18.3 Å². The number of thiophene rings is 1. The Labute approximate surface area is 168 Å². The van der Waals surface area contributed by atoms with Crippen LogP contribution in [0.3, 0.4) is 0 Å². The van der Waals surface area contributed by atoms with Crippen LogP contribution < -0.4 is 10.9 Å². The lowest BCUT2D eigenvalue weighted by Gasteiger charge is -2.17. The number of amides is 1. The standard InChI is InChI=1S/C21H26N4O2S/c1-14-19-18(16-8-3-4-9-17(16)28-19)21(27)25(23-14)15(2)20(26)22-10-7-13-24-11-5-6-12-24/h3-4,8-9,15H,5-7,10-13H2,1-2H3,(H,22,26). The third-order valence-electron chi connectivity index (χ3n) is 5.50. The number of benzene rings is 1. The minimum Gasteiger partial charge on any atom is -0.354 e. The number of hydrogen-bond acceptors (Lipinski definition) is 5. The molecule has 1 unspecified atom stereocenters. The summed E-state index contributed by atoms with van der Waals surface area (Å²) in [6, 6.07) is 7.24. The molecule has 7 heteroatoms. The zero-order valence-electron chi connectivity index (χ0n) is 16.4.